The molecule has 0 spiro atoms. The van der Waals surface area contributed by atoms with Crippen LogP contribution in [0.4, 0.5) is 0 Å². The summed E-state index contributed by atoms with van der Waals surface area (Å²) in [6.45, 7) is 4.13. The Kier molecular flexibility index (Phi) is 3.75. The summed E-state index contributed by atoms with van der Waals surface area (Å²) in [5.41, 5.74) is 2.95. The molecule has 3 rings (SSSR count). The Bertz CT molecular complexity index is 858. The van der Waals surface area contributed by atoms with Crippen molar-refractivity contribution in [2.24, 2.45) is 0 Å². The molecular formula is C16H15N3OS. The predicted molar refractivity (Wildman–Crippen MR) is 85.6 cm³/mol. The van der Waals surface area contributed by atoms with E-state index in [0.717, 1.165) is 4.90 Å². The quantitative estimate of drug-likeness (QED) is 0.697. The lowest BCUT2D eigenvalue weighted by atomic mass is 10.2. The fourth-order valence-corrected chi connectivity index (χ4v) is 3.10. The highest BCUT2D eigenvalue weighted by Gasteiger charge is 2.06. The van der Waals surface area contributed by atoms with Crippen LogP contribution in [0.1, 0.15) is 11.1 Å². The minimum absolute atomic E-state index is 0.0987. The van der Waals surface area contributed by atoms with Crippen LogP contribution in [0.5, 0.6) is 0 Å². The van der Waals surface area contributed by atoms with Crippen LogP contribution in [-0.2, 0) is 5.88 Å². The highest BCUT2D eigenvalue weighted by atomic mass is 32.2. The molecule has 0 unspecified atom stereocenters. The molecule has 0 aliphatic carbocycles. The Morgan fingerprint density at radius 1 is 1.14 bits per heavy atom. The van der Waals surface area contributed by atoms with E-state index < -0.39 is 0 Å². The van der Waals surface area contributed by atoms with Gasteiger partial charge < -0.3 is 0 Å². The Hall–Kier alpha value is -2.14. The maximum atomic E-state index is 12.3. The molecule has 0 saturated carbocycles. The summed E-state index contributed by atoms with van der Waals surface area (Å²) in [7, 11) is 0. The maximum Gasteiger partial charge on any atom is 0.278 e. The molecule has 1 aromatic heterocycles. The number of aromatic nitrogens is 3. The zero-order valence-electron chi connectivity index (χ0n) is 11.9. The zero-order valence-corrected chi connectivity index (χ0v) is 12.7. The first kappa shape index (κ1) is 13.8. The topological polar surface area (TPSA) is 47.8 Å². The molecule has 0 aliphatic heterocycles. The first-order chi connectivity index (χ1) is 10.1. The van der Waals surface area contributed by atoms with Gasteiger partial charge in [0.05, 0.1) is 11.3 Å². The third-order valence-corrected chi connectivity index (χ3v) is 4.44. The van der Waals surface area contributed by atoms with Crippen LogP contribution in [0.2, 0.25) is 0 Å². The summed E-state index contributed by atoms with van der Waals surface area (Å²) in [4.78, 5) is 13.5. The van der Waals surface area contributed by atoms with Gasteiger partial charge in [-0.25, -0.2) is 4.68 Å². The number of nitrogens with zero attached hydrogens (tertiary/aromatic N) is 3. The molecule has 5 heteroatoms. The fraction of sp³-hybridized carbons (Fsp3) is 0.188. The van der Waals surface area contributed by atoms with Gasteiger partial charge in [-0.3, -0.25) is 4.79 Å². The Labute approximate surface area is 126 Å². The van der Waals surface area contributed by atoms with Gasteiger partial charge in [-0.15, -0.1) is 16.9 Å². The summed E-state index contributed by atoms with van der Waals surface area (Å²) < 4.78 is 1.41. The van der Waals surface area contributed by atoms with Crippen molar-refractivity contribution < 1.29 is 0 Å². The van der Waals surface area contributed by atoms with Crippen molar-refractivity contribution in [3.63, 3.8) is 0 Å². The van der Waals surface area contributed by atoms with E-state index in [4.69, 9.17) is 0 Å². The van der Waals surface area contributed by atoms with E-state index in [1.165, 1.54) is 15.8 Å². The standard InChI is InChI=1S/C16H15N3OS/c1-11-7-8-12(2)15(9-11)21-10-19-16(20)13-5-3-4-6-14(13)17-18-19/h3-9H,10H2,1-2H3. The molecule has 1 heterocycles. The molecule has 0 saturated heterocycles. The van der Waals surface area contributed by atoms with Crippen LogP contribution < -0.4 is 5.56 Å². The molecule has 0 radical (unpaired) electrons. The molecular weight excluding hydrogens is 282 g/mol. The lowest BCUT2D eigenvalue weighted by Gasteiger charge is -2.08. The number of hydrogen-bond donors (Lipinski definition) is 0. The molecule has 21 heavy (non-hydrogen) atoms. The van der Waals surface area contributed by atoms with Crippen LogP contribution >= 0.6 is 11.8 Å². The molecule has 0 aliphatic rings. The molecule has 106 valence electrons. The lowest BCUT2D eigenvalue weighted by molar-refractivity contribution is 0.645. The number of hydrogen-bond acceptors (Lipinski definition) is 4. The number of benzene rings is 2. The van der Waals surface area contributed by atoms with E-state index in [9.17, 15) is 4.79 Å². The third-order valence-electron chi connectivity index (χ3n) is 3.32. The average molecular weight is 297 g/mol. The number of thioether (sulfide) groups is 1. The molecule has 0 amide bonds. The van der Waals surface area contributed by atoms with E-state index in [1.807, 2.05) is 12.1 Å². The predicted octanol–water partition coefficient (Wildman–Crippen LogP) is 3.16. The Balaban J connectivity index is 1.90. The second-order valence-corrected chi connectivity index (χ2v) is 5.94. The van der Waals surface area contributed by atoms with Gasteiger partial charge in [-0.2, -0.15) is 0 Å². The first-order valence-corrected chi connectivity index (χ1v) is 7.66. The third kappa shape index (κ3) is 2.83. The van der Waals surface area contributed by atoms with E-state index in [1.54, 1.807) is 23.9 Å². The molecule has 0 bridgehead atoms. The second-order valence-electron chi connectivity index (χ2n) is 4.95. The van der Waals surface area contributed by atoms with Crippen molar-refractivity contribution in [2.75, 3.05) is 0 Å². The number of aryl methyl sites for hydroxylation is 2. The van der Waals surface area contributed by atoms with Crippen LogP contribution in [-0.4, -0.2) is 15.0 Å². The summed E-state index contributed by atoms with van der Waals surface area (Å²) in [6.07, 6.45) is 0. The number of rotatable bonds is 3. The molecule has 2 aromatic carbocycles. The molecule has 0 fully saturated rings. The van der Waals surface area contributed by atoms with Gasteiger partial charge in [-0.05, 0) is 43.2 Å². The second kappa shape index (κ2) is 5.69. The average Bonchev–Trinajstić information content (AvgIpc) is 2.50. The Morgan fingerprint density at radius 2 is 1.95 bits per heavy atom. The van der Waals surface area contributed by atoms with Gasteiger partial charge in [0.2, 0.25) is 0 Å². The van der Waals surface area contributed by atoms with E-state index in [0.29, 0.717) is 16.8 Å². The van der Waals surface area contributed by atoms with Crippen molar-refractivity contribution in [1.29, 1.82) is 0 Å². The van der Waals surface area contributed by atoms with E-state index in [2.05, 4.69) is 42.4 Å². The van der Waals surface area contributed by atoms with Crippen molar-refractivity contribution in [2.45, 2.75) is 24.6 Å². The SMILES string of the molecule is Cc1ccc(C)c(SCn2nnc3ccccc3c2=O)c1. The van der Waals surface area contributed by atoms with Crippen molar-refractivity contribution in [3.05, 3.63) is 63.9 Å². The molecule has 4 nitrogen and oxygen atoms in total. The van der Waals surface area contributed by atoms with Crippen molar-refractivity contribution in [3.8, 4) is 0 Å². The van der Waals surface area contributed by atoms with Crippen LogP contribution in [0.25, 0.3) is 10.9 Å². The monoisotopic (exact) mass is 297 g/mol. The fourth-order valence-electron chi connectivity index (χ4n) is 2.10. The van der Waals surface area contributed by atoms with Gasteiger partial charge >= 0.3 is 0 Å². The lowest BCUT2D eigenvalue weighted by Crippen LogP contribution is -2.23. The van der Waals surface area contributed by atoms with Crippen LogP contribution in [0.15, 0.2) is 52.2 Å². The highest BCUT2D eigenvalue weighted by molar-refractivity contribution is 7.98. The largest absolute Gasteiger partial charge is 0.278 e. The summed E-state index contributed by atoms with van der Waals surface area (Å²) in [6, 6.07) is 13.6. The normalized spacial score (nSPS) is 11.0. The molecule has 0 atom stereocenters. The Morgan fingerprint density at radius 3 is 2.81 bits per heavy atom. The highest BCUT2D eigenvalue weighted by Crippen LogP contribution is 2.24. The van der Waals surface area contributed by atoms with E-state index >= 15 is 0 Å². The molecule has 0 N–H and O–H groups in total. The number of fused-ring (bicyclic) bond motifs is 1. The first-order valence-electron chi connectivity index (χ1n) is 6.68. The van der Waals surface area contributed by atoms with Crippen molar-refractivity contribution >= 4 is 22.7 Å². The van der Waals surface area contributed by atoms with Gasteiger partial charge in [0.25, 0.3) is 5.56 Å². The van der Waals surface area contributed by atoms with Crippen LogP contribution in [0.3, 0.4) is 0 Å². The van der Waals surface area contributed by atoms with Gasteiger partial charge in [0.1, 0.15) is 5.52 Å². The smallest absolute Gasteiger partial charge is 0.267 e. The van der Waals surface area contributed by atoms with Crippen molar-refractivity contribution in [1.82, 2.24) is 15.0 Å². The summed E-state index contributed by atoms with van der Waals surface area (Å²) >= 11 is 1.60. The van der Waals surface area contributed by atoms with Gasteiger partial charge in [-0.1, -0.05) is 29.5 Å². The van der Waals surface area contributed by atoms with Crippen LogP contribution in [0, 0.1) is 13.8 Å². The van der Waals surface area contributed by atoms with Gasteiger partial charge in [0, 0.05) is 4.90 Å². The molecule has 3 aromatic rings. The minimum Gasteiger partial charge on any atom is -0.267 e. The maximum absolute atomic E-state index is 12.3. The minimum atomic E-state index is -0.0987. The zero-order chi connectivity index (χ0) is 14.8. The summed E-state index contributed by atoms with van der Waals surface area (Å²) in [5.74, 6) is 0.459. The van der Waals surface area contributed by atoms with Gasteiger partial charge in [0.15, 0.2) is 0 Å². The summed E-state index contributed by atoms with van der Waals surface area (Å²) in [5, 5.41) is 8.71. The van der Waals surface area contributed by atoms with E-state index in [-0.39, 0.29) is 5.56 Å².